The molecule has 2 rings (SSSR count). The van der Waals surface area contributed by atoms with Crippen molar-refractivity contribution in [3.8, 4) is 0 Å². The summed E-state index contributed by atoms with van der Waals surface area (Å²) in [6.45, 7) is 7.97. The van der Waals surface area contributed by atoms with Crippen LogP contribution in [0.1, 0.15) is 57.1 Å². The van der Waals surface area contributed by atoms with E-state index in [2.05, 4.69) is 50.4 Å². The van der Waals surface area contributed by atoms with E-state index >= 15 is 0 Å². The van der Waals surface area contributed by atoms with Gasteiger partial charge in [0.15, 0.2) is 0 Å². The van der Waals surface area contributed by atoms with Crippen LogP contribution in [0.15, 0.2) is 24.3 Å². The van der Waals surface area contributed by atoms with Crippen molar-refractivity contribution in [3.05, 3.63) is 35.4 Å². The van der Waals surface area contributed by atoms with Gasteiger partial charge >= 0.3 is 0 Å². The van der Waals surface area contributed by atoms with Crippen LogP contribution in [0.3, 0.4) is 0 Å². The number of hydrogen-bond acceptors (Lipinski definition) is 1. The minimum Gasteiger partial charge on any atom is -0.314 e. The molecule has 0 aromatic heterocycles. The summed E-state index contributed by atoms with van der Waals surface area (Å²) < 4.78 is 0. The summed E-state index contributed by atoms with van der Waals surface area (Å²) in [7, 11) is 0. The summed E-state index contributed by atoms with van der Waals surface area (Å²) in [4.78, 5) is 0. The molecule has 1 aromatic rings. The van der Waals surface area contributed by atoms with Crippen LogP contribution in [0.25, 0.3) is 0 Å². The van der Waals surface area contributed by atoms with Crippen molar-refractivity contribution in [2.45, 2.75) is 65.3 Å². The molecule has 1 aromatic carbocycles. The first kappa shape index (κ1) is 15.6. The van der Waals surface area contributed by atoms with Crippen LogP contribution in [0.2, 0.25) is 0 Å². The Morgan fingerprint density at radius 3 is 2.45 bits per heavy atom. The van der Waals surface area contributed by atoms with E-state index in [1.165, 1.54) is 50.6 Å². The van der Waals surface area contributed by atoms with Crippen molar-refractivity contribution in [2.24, 2.45) is 11.8 Å². The molecule has 20 heavy (non-hydrogen) atoms. The van der Waals surface area contributed by atoms with Crippen molar-refractivity contribution in [2.75, 3.05) is 6.54 Å². The van der Waals surface area contributed by atoms with E-state index in [9.17, 15) is 0 Å². The summed E-state index contributed by atoms with van der Waals surface area (Å²) in [5.74, 6) is 1.73. The van der Waals surface area contributed by atoms with E-state index in [1.54, 1.807) is 5.56 Å². The van der Waals surface area contributed by atoms with Crippen molar-refractivity contribution in [1.29, 1.82) is 0 Å². The zero-order chi connectivity index (χ0) is 14.4. The highest BCUT2D eigenvalue weighted by atomic mass is 14.9. The lowest BCUT2D eigenvalue weighted by atomic mass is 9.82. The van der Waals surface area contributed by atoms with Gasteiger partial charge in [-0.2, -0.15) is 0 Å². The number of rotatable bonds is 5. The number of nitrogens with one attached hydrogen (secondary N) is 1. The molecule has 0 spiro atoms. The van der Waals surface area contributed by atoms with Gasteiger partial charge in [-0.25, -0.2) is 0 Å². The molecule has 1 aliphatic carbocycles. The number of aryl methyl sites for hydroxylation is 1. The largest absolute Gasteiger partial charge is 0.314 e. The molecule has 1 N–H and O–H groups in total. The van der Waals surface area contributed by atoms with Gasteiger partial charge in [0, 0.05) is 6.04 Å². The fourth-order valence-electron chi connectivity index (χ4n) is 3.51. The Labute approximate surface area is 125 Å². The second kappa shape index (κ2) is 7.83. The van der Waals surface area contributed by atoms with Gasteiger partial charge < -0.3 is 5.32 Å². The molecule has 0 radical (unpaired) electrons. The third-order valence-corrected chi connectivity index (χ3v) is 4.85. The van der Waals surface area contributed by atoms with Crippen molar-refractivity contribution in [3.63, 3.8) is 0 Å². The fourth-order valence-corrected chi connectivity index (χ4v) is 3.51. The van der Waals surface area contributed by atoms with Crippen molar-refractivity contribution < 1.29 is 0 Å². The highest BCUT2D eigenvalue weighted by Crippen LogP contribution is 2.31. The van der Waals surface area contributed by atoms with E-state index in [-0.39, 0.29) is 0 Å². The van der Waals surface area contributed by atoms with Gasteiger partial charge in [0.2, 0.25) is 0 Å². The summed E-state index contributed by atoms with van der Waals surface area (Å²) >= 11 is 0. The molecule has 2 unspecified atom stereocenters. The summed E-state index contributed by atoms with van der Waals surface area (Å²) in [5.41, 5.74) is 3.03. The Morgan fingerprint density at radius 2 is 1.75 bits per heavy atom. The van der Waals surface area contributed by atoms with Crippen LogP contribution in [0.4, 0.5) is 0 Å². The Morgan fingerprint density at radius 1 is 1.05 bits per heavy atom. The molecule has 0 saturated heterocycles. The zero-order valence-electron chi connectivity index (χ0n) is 13.5. The highest BCUT2D eigenvalue weighted by molar-refractivity contribution is 5.26. The maximum atomic E-state index is 3.67. The van der Waals surface area contributed by atoms with Crippen molar-refractivity contribution >= 4 is 0 Å². The molecule has 112 valence electrons. The Kier molecular flexibility index (Phi) is 6.09. The normalized spacial score (nSPS) is 23.8. The molecule has 1 fully saturated rings. The summed E-state index contributed by atoms with van der Waals surface area (Å²) in [6.07, 6.45) is 8.39. The third-order valence-electron chi connectivity index (χ3n) is 4.85. The minimum atomic E-state index is 0.609. The van der Waals surface area contributed by atoms with Gasteiger partial charge in [0.25, 0.3) is 0 Å². The van der Waals surface area contributed by atoms with E-state index in [0.29, 0.717) is 6.04 Å². The molecule has 2 atom stereocenters. The average Bonchev–Trinajstić information content (AvgIpc) is 2.64. The zero-order valence-corrected chi connectivity index (χ0v) is 13.5. The van der Waals surface area contributed by atoms with Crippen LogP contribution in [0, 0.1) is 18.8 Å². The Balaban J connectivity index is 2.02. The average molecular weight is 273 g/mol. The SMILES string of the molecule is Cc1ccccc1CC1CCCCCC1CNC(C)C. The molecular weight excluding hydrogens is 242 g/mol. The van der Waals surface area contributed by atoms with Gasteiger partial charge in [-0.3, -0.25) is 0 Å². The minimum absolute atomic E-state index is 0.609. The first-order valence-corrected chi connectivity index (χ1v) is 8.44. The second-order valence-electron chi connectivity index (χ2n) is 6.85. The van der Waals surface area contributed by atoms with Gasteiger partial charge in [-0.1, -0.05) is 57.4 Å². The van der Waals surface area contributed by atoms with E-state index in [0.717, 1.165) is 11.8 Å². The topological polar surface area (TPSA) is 12.0 Å². The predicted octanol–water partition coefficient (Wildman–Crippen LogP) is 4.73. The first-order chi connectivity index (χ1) is 9.66. The lowest BCUT2D eigenvalue weighted by Gasteiger charge is -2.27. The van der Waals surface area contributed by atoms with Crippen molar-refractivity contribution in [1.82, 2.24) is 5.32 Å². The lowest BCUT2D eigenvalue weighted by Crippen LogP contribution is -2.33. The standard InChI is InChI=1S/C19H31N/c1-15(2)20-14-19-12-6-4-5-11-18(19)13-17-10-8-7-9-16(17)3/h7-10,15,18-20H,4-6,11-14H2,1-3H3. The molecule has 0 bridgehead atoms. The fraction of sp³-hybridized carbons (Fsp3) is 0.684. The summed E-state index contributed by atoms with van der Waals surface area (Å²) in [5, 5.41) is 3.67. The maximum Gasteiger partial charge on any atom is 0.00104 e. The number of hydrogen-bond donors (Lipinski definition) is 1. The molecule has 1 nitrogen and oxygen atoms in total. The van der Waals surface area contributed by atoms with Gasteiger partial charge in [0.1, 0.15) is 0 Å². The van der Waals surface area contributed by atoms with Crippen LogP contribution < -0.4 is 5.32 Å². The lowest BCUT2D eigenvalue weighted by molar-refractivity contribution is 0.291. The molecule has 0 aliphatic heterocycles. The molecule has 1 heteroatoms. The van der Waals surface area contributed by atoms with E-state index in [4.69, 9.17) is 0 Å². The van der Waals surface area contributed by atoms with E-state index < -0.39 is 0 Å². The van der Waals surface area contributed by atoms with Crippen LogP contribution in [-0.4, -0.2) is 12.6 Å². The molecule has 1 aliphatic rings. The Hall–Kier alpha value is -0.820. The van der Waals surface area contributed by atoms with Crippen LogP contribution >= 0.6 is 0 Å². The second-order valence-corrected chi connectivity index (χ2v) is 6.85. The third kappa shape index (κ3) is 4.63. The first-order valence-electron chi connectivity index (χ1n) is 8.44. The smallest absolute Gasteiger partial charge is 0.00104 e. The quantitative estimate of drug-likeness (QED) is 0.765. The summed E-state index contributed by atoms with van der Waals surface area (Å²) in [6, 6.07) is 9.54. The Bertz CT molecular complexity index is 397. The van der Waals surface area contributed by atoms with Crippen LogP contribution in [0.5, 0.6) is 0 Å². The van der Waals surface area contributed by atoms with Crippen LogP contribution in [-0.2, 0) is 6.42 Å². The monoisotopic (exact) mass is 273 g/mol. The molecule has 1 saturated carbocycles. The maximum absolute atomic E-state index is 3.67. The van der Waals surface area contributed by atoms with E-state index in [1.807, 2.05) is 0 Å². The molecule has 0 amide bonds. The number of benzene rings is 1. The molecule has 0 heterocycles. The van der Waals surface area contributed by atoms with Gasteiger partial charge in [-0.05, 0) is 55.7 Å². The highest BCUT2D eigenvalue weighted by Gasteiger charge is 2.24. The van der Waals surface area contributed by atoms with Gasteiger partial charge in [0.05, 0.1) is 0 Å². The van der Waals surface area contributed by atoms with Gasteiger partial charge in [-0.15, -0.1) is 0 Å². The predicted molar refractivity (Wildman–Crippen MR) is 88.1 cm³/mol. The molecular formula is C19H31N.